The van der Waals surface area contributed by atoms with E-state index in [0.29, 0.717) is 11.3 Å². The van der Waals surface area contributed by atoms with Crippen LogP contribution in [0.5, 0.6) is 5.75 Å². The molecular formula is C21H18O2. The number of esters is 1. The van der Waals surface area contributed by atoms with Gasteiger partial charge in [0.2, 0.25) is 0 Å². The number of carbonyl (C=O) groups excluding carboxylic acids is 1. The van der Waals surface area contributed by atoms with Gasteiger partial charge in [-0.25, -0.2) is 4.79 Å². The Morgan fingerprint density at radius 2 is 1.65 bits per heavy atom. The molecule has 0 aliphatic heterocycles. The maximum atomic E-state index is 11.8. The molecule has 3 rings (SSSR count). The predicted octanol–water partition coefficient (Wildman–Crippen LogP) is 5.30. The van der Waals surface area contributed by atoms with Crippen molar-refractivity contribution >= 4 is 16.7 Å². The van der Waals surface area contributed by atoms with E-state index in [4.69, 9.17) is 4.74 Å². The molecule has 0 amide bonds. The first kappa shape index (κ1) is 15.0. The zero-order valence-electron chi connectivity index (χ0n) is 13.3. The third kappa shape index (κ3) is 3.16. The van der Waals surface area contributed by atoms with Crippen molar-refractivity contribution in [1.82, 2.24) is 0 Å². The van der Waals surface area contributed by atoms with Gasteiger partial charge in [0.05, 0.1) is 0 Å². The van der Waals surface area contributed by atoms with Crippen molar-refractivity contribution in [3.63, 3.8) is 0 Å². The predicted molar refractivity (Wildman–Crippen MR) is 94.6 cm³/mol. The molecule has 2 nitrogen and oxygen atoms in total. The summed E-state index contributed by atoms with van der Waals surface area (Å²) in [6, 6.07) is 20.3. The van der Waals surface area contributed by atoms with E-state index in [1.54, 1.807) is 6.92 Å². The molecule has 3 aromatic rings. The molecule has 23 heavy (non-hydrogen) atoms. The second-order valence-corrected chi connectivity index (χ2v) is 5.73. The largest absolute Gasteiger partial charge is 0.423 e. The topological polar surface area (TPSA) is 26.3 Å². The molecule has 0 unspecified atom stereocenters. The molecule has 0 aliphatic rings. The summed E-state index contributed by atoms with van der Waals surface area (Å²) < 4.78 is 5.46. The second kappa shape index (κ2) is 6.09. The van der Waals surface area contributed by atoms with E-state index in [-0.39, 0.29) is 0 Å². The van der Waals surface area contributed by atoms with E-state index in [0.717, 1.165) is 21.9 Å². The van der Waals surface area contributed by atoms with Crippen LogP contribution in [0.25, 0.3) is 21.9 Å². The summed E-state index contributed by atoms with van der Waals surface area (Å²) in [5.74, 6) is 0.155. The molecule has 3 aromatic carbocycles. The third-order valence-electron chi connectivity index (χ3n) is 3.78. The molecule has 114 valence electrons. The van der Waals surface area contributed by atoms with Crippen LogP contribution >= 0.6 is 0 Å². The van der Waals surface area contributed by atoms with Crippen molar-refractivity contribution < 1.29 is 9.53 Å². The third-order valence-corrected chi connectivity index (χ3v) is 3.78. The minimum Gasteiger partial charge on any atom is -0.423 e. The van der Waals surface area contributed by atoms with Crippen molar-refractivity contribution in [3.8, 4) is 16.9 Å². The normalized spacial score (nSPS) is 10.5. The number of fused-ring (bicyclic) bond motifs is 1. The molecule has 0 saturated carbocycles. The first-order valence-electron chi connectivity index (χ1n) is 7.52. The first-order chi connectivity index (χ1) is 11.0. The number of aryl methyl sites for hydroxylation is 1. The van der Waals surface area contributed by atoms with Gasteiger partial charge >= 0.3 is 5.97 Å². The van der Waals surface area contributed by atoms with E-state index < -0.39 is 5.97 Å². The number of hydrogen-bond donors (Lipinski definition) is 0. The van der Waals surface area contributed by atoms with Crippen LogP contribution in [0.4, 0.5) is 0 Å². The molecule has 0 fully saturated rings. The second-order valence-electron chi connectivity index (χ2n) is 5.73. The highest BCUT2D eigenvalue weighted by Crippen LogP contribution is 2.31. The highest BCUT2D eigenvalue weighted by Gasteiger charge is 2.09. The van der Waals surface area contributed by atoms with Gasteiger partial charge in [-0.15, -0.1) is 0 Å². The van der Waals surface area contributed by atoms with Crippen molar-refractivity contribution in [3.05, 3.63) is 78.4 Å². The summed E-state index contributed by atoms with van der Waals surface area (Å²) in [6.07, 6.45) is 0. The molecule has 0 atom stereocenters. The van der Waals surface area contributed by atoms with Crippen molar-refractivity contribution in [1.29, 1.82) is 0 Å². The van der Waals surface area contributed by atoms with Gasteiger partial charge in [-0.1, -0.05) is 60.7 Å². The molecule has 0 saturated heterocycles. The van der Waals surface area contributed by atoms with E-state index in [1.807, 2.05) is 24.3 Å². The number of carbonyl (C=O) groups is 1. The average molecular weight is 302 g/mol. The first-order valence-corrected chi connectivity index (χ1v) is 7.52. The standard InChI is InChI=1S/C21H18O2/c1-14(2)21(22)23-20-6-4-5-17-11-12-18(13-19(17)20)16-9-7-15(3)8-10-16/h4-13H,1H2,2-3H3. The van der Waals surface area contributed by atoms with Crippen molar-refractivity contribution in [2.45, 2.75) is 13.8 Å². The maximum Gasteiger partial charge on any atom is 0.338 e. The van der Waals surface area contributed by atoms with Gasteiger partial charge in [-0.3, -0.25) is 0 Å². The maximum absolute atomic E-state index is 11.8. The molecule has 0 aromatic heterocycles. The van der Waals surface area contributed by atoms with Gasteiger partial charge in [0.15, 0.2) is 0 Å². The monoisotopic (exact) mass is 302 g/mol. The van der Waals surface area contributed by atoms with Crippen molar-refractivity contribution in [2.75, 3.05) is 0 Å². The van der Waals surface area contributed by atoms with Crippen LogP contribution < -0.4 is 4.74 Å². The Balaban J connectivity index is 2.08. The van der Waals surface area contributed by atoms with Gasteiger partial charge in [0.1, 0.15) is 5.75 Å². The Bertz CT molecular complexity index is 889. The minimum absolute atomic E-state index is 0.386. The zero-order chi connectivity index (χ0) is 16.4. The van der Waals surface area contributed by atoms with Gasteiger partial charge in [0.25, 0.3) is 0 Å². The van der Waals surface area contributed by atoms with Crippen molar-refractivity contribution in [2.24, 2.45) is 0 Å². The minimum atomic E-state index is -0.404. The number of rotatable bonds is 3. The SMILES string of the molecule is C=C(C)C(=O)Oc1cccc2ccc(-c3ccc(C)cc3)cc12. The zero-order valence-corrected chi connectivity index (χ0v) is 13.3. The summed E-state index contributed by atoms with van der Waals surface area (Å²) in [4.78, 5) is 11.8. The fourth-order valence-electron chi connectivity index (χ4n) is 2.45. The fraction of sp³-hybridized carbons (Fsp3) is 0.0952. The molecule has 0 bridgehead atoms. The van der Waals surface area contributed by atoms with E-state index in [2.05, 4.69) is 49.9 Å². The quantitative estimate of drug-likeness (QED) is 0.373. The van der Waals surface area contributed by atoms with Crippen LogP contribution in [-0.4, -0.2) is 5.97 Å². The highest BCUT2D eigenvalue weighted by atomic mass is 16.5. The van der Waals surface area contributed by atoms with E-state index in [9.17, 15) is 4.79 Å². The average Bonchev–Trinajstić information content (AvgIpc) is 2.55. The Labute approximate surface area is 136 Å². The molecular weight excluding hydrogens is 284 g/mol. The summed E-state index contributed by atoms with van der Waals surface area (Å²) in [7, 11) is 0. The Morgan fingerprint density at radius 1 is 0.957 bits per heavy atom. The van der Waals surface area contributed by atoms with Crippen LogP contribution in [0.1, 0.15) is 12.5 Å². The number of hydrogen-bond acceptors (Lipinski definition) is 2. The van der Waals surface area contributed by atoms with Gasteiger partial charge in [0, 0.05) is 11.0 Å². The van der Waals surface area contributed by atoms with Crippen LogP contribution in [0.15, 0.2) is 72.8 Å². The lowest BCUT2D eigenvalue weighted by molar-refractivity contribution is -0.129. The van der Waals surface area contributed by atoms with E-state index >= 15 is 0 Å². The molecule has 0 N–H and O–H groups in total. The smallest absolute Gasteiger partial charge is 0.338 e. The van der Waals surface area contributed by atoms with Crippen LogP contribution in [0, 0.1) is 6.92 Å². The summed E-state index contributed by atoms with van der Waals surface area (Å²) in [5, 5.41) is 1.95. The number of ether oxygens (including phenoxy) is 1. The molecule has 0 aliphatic carbocycles. The van der Waals surface area contributed by atoms with Gasteiger partial charge in [-0.2, -0.15) is 0 Å². The summed E-state index contributed by atoms with van der Waals surface area (Å²) in [5.41, 5.74) is 3.84. The fourth-order valence-corrected chi connectivity index (χ4v) is 2.45. The highest BCUT2D eigenvalue weighted by molar-refractivity contribution is 5.96. The lowest BCUT2D eigenvalue weighted by atomic mass is 10.00. The number of benzene rings is 3. The Morgan fingerprint density at radius 3 is 2.35 bits per heavy atom. The molecule has 0 spiro atoms. The van der Waals surface area contributed by atoms with Gasteiger partial charge in [-0.05, 0) is 42.5 Å². The lowest BCUT2D eigenvalue weighted by Crippen LogP contribution is -2.08. The molecule has 2 heteroatoms. The molecule has 0 heterocycles. The van der Waals surface area contributed by atoms with Crippen LogP contribution in [0.3, 0.4) is 0 Å². The summed E-state index contributed by atoms with van der Waals surface area (Å²) >= 11 is 0. The lowest BCUT2D eigenvalue weighted by Gasteiger charge is -2.10. The van der Waals surface area contributed by atoms with Gasteiger partial charge < -0.3 is 4.74 Å². The Kier molecular flexibility index (Phi) is 3.98. The summed E-state index contributed by atoms with van der Waals surface area (Å²) in [6.45, 7) is 7.34. The molecule has 0 radical (unpaired) electrons. The van der Waals surface area contributed by atoms with Crippen LogP contribution in [-0.2, 0) is 4.79 Å². The van der Waals surface area contributed by atoms with Crippen LogP contribution in [0.2, 0.25) is 0 Å². The van der Waals surface area contributed by atoms with E-state index in [1.165, 1.54) is 5.56 Å². The Hall–Kier alpha value is -2.87.